The summed E-state index contributed by atoms with van der Waals surface area (Å²) in [6.07, 6.45) is 3.17. The summed E-state index contributed by atoms with van der Waals surface area (Å²) in [4.78, 5) is 18.6. The molecule has 1 aliphatic heterocycles. The fraction of sp³-hybridized carbons (Fsp3) is 0.235. The van der Waals surface area contributed by atoms with Crippen LogP contribution in [0.2, 0.25) is 0 Å². The molecule has 4 rings (SSSR count). The smallest absolute Gasteiger partial charge is 0.238 e. The Morgan fingerprint density at radius 2 is 2.25 bits per heavy atom. The molecule has 122 valence electrons. The molecule has 1 amide bonds. The minimum atomic E-state index is 0.0637. The van der Waals surface area contributed by atoms with E-state index in [-0.39, 0.29) is 5.91 Å². The number of benzene rings is 1. The van der Waals surface area contributed by atoms with Crippen molar-refractivity contribution in [2.24, 2.45) is 0 Å². The lowest BCUT2D eigenvalue weighted by Crippen LogP contribution is -2.29. The Hall–Kier alpha value is -2.41. The van der Waals surface area contributed by atoms with Gasteiger partial charge in [0.25, 0.3) is 0 Å². The van der Waals surface area contributed by atoms with Crippen LogP contribution in [0.1, 0.15) is 17.9 Å². The molecule has 0 bridgehead atoms. The van der Waals surface area contributed by atoms with E-state index < -0.39 is 0 Å². The first-order valence-electron chi connectivity index (χ1n) is 7.66. The topological polar surface area (TPSA) is 72.4 Å². The Morgan fingerprint density at radius 3 is 3.08 bits per heavy atom. The van der Waals surface area contributed by atoms with Crippen molar-refractivity contribution in [3.8, 4) is 11.6 Å². The van der Waals surface area contributed by atoms with E-state index in [1.54, 1.807) is 18.4 Å². The van der Waals surface area contributed by atoms with Crippen molar-refractivity contribution >= 4 is 27.5 Å². The van der Waals surface area contributed by atoms with Crippen LogP contribution in [0.15, 0.2) is 50.0 Å². The number of carbonyl (C=O) groups excluding carboxylic acids is 1. The number of hydrogen-bond acceptors (Lipinski definition) is 5. The summed E-state index contributed by atoms with van der Waals surface area (Å²) in [5.74, 6) is 1.45. The van der Waals surface area contributed by atoms with Crippen molar-refractivity contribution in [3.05, 3.63) is 52.5 Å². The van der Waals surface area contributed by atoms with Crippen LogP contribution >= 0.6 is 15.9 Å². The van der Waals surface area contributed by atoms with Gasteiger partial charge in [0.1, 0.15) is 0 Å². The molecule has 0 radical (unpaired) electrons. The van der Waals surface area contributed by atoms with Gasteiger partial charge in [-0.15, -0.1) is 0 Å². The number of rotatable bonds is 4. The summed E-state index contributed by atoms with van der Waals surface area (Å²) in [6.45, 7) is 0.714. The maximum atomic E-state index is 12.5. The van der Waals surface area contributed by atoms with E-state index in [0.717, 1.165) is 16.6 Å². The molecule has 0 fully saturated rings. The van der Waals surface area contributed by atoms with Crippen LogP contribution in [-0.2, 0) is 17.6 Å². The second-order valence-electron chi connectivity index (χ2n) is 5.56. The molecule has 0 spiro atoms. The fourth-order valence-electron chi connectivity index (χ4n) is 2.84. The number of nitrogens with zero attached hydrogens (tertiary/aromatic N) is 3. The van der Waals surface area contributed by atoms with Crippen molar-refractivity contribution in [3.63, 3.8) is 0 Å². The highest BCUT2D eigenvalue weighted by Gasteiger charge is 2.25. The number of hydrogen-bond donors (Lipinski definition) is 0. The molecule has 0 atom stereocenters. The quantitative estimate of drug-likeness (QED) is 0.683. The molecule has 0 N–H and O–H groups in total. The first-order chi connectivity index (χ1) is 11.7. The molecule has 0 aliphatic carbocycles. The number of aromatic nitrogens is 2. The third-order valence-corrected chi connectivity index (χ3v) is 4.49. The van der Waals surface area contributed by atoms with E-state index in [1.165, 1.54) is 5.56 Å². The van der Waals surface area contributed by atoms with Crippen LogP contribution in [-0.4, -0.2) is 22.6 Å². The van der Waals surface area contributed by atoms with Gasteiger partial charge in [-0.1, -0.05) is 21.1 Å². The SMILES string of the molecule is O=C(CCc1nc(-c2ccco2)no1)N1CCc2cc(Br)ccc21. The van der Waals surface area contributed by atoms with E-state index in [1.807, 2.05) is 17.0 Å². The summed E-state index contributed by atoms with van der Waals surface area (Å²) in [5, 5.41) is 3.87. The maximum absolute atomic E-state index is 12.5. The van der Waals surface area contributed by atoms with Gasteiger partial charge in [0.05, 0.1) is 6.26 Å². The predicted molar refractivity (Wildman–Crippen MR) is 90.5 cm³/mol. The molecule has 0 saturated carbocycles. The van der Waals surface area contributed by atoms with Crippen LogP contribution in [0.4, 0.5) is 5.69 Å². The van der Waals surface area contributed by atoms with Crippen LogP contribution < -0.4 is 4.90 Å². The molecule has 2 aromatic heterocycles. The molecular weight excluding hydrogens is 374 g/mol. The van der Waals surface area contributed by atoms with Crippen molar-refractivity contribution in [2.45, 2.75) is 19.3 Å². The molecule has 24 heavy (non-hydrogen) atoms. The van der Waals surface area contributed by atoms with Crippen molar-refractivity contribution in [2.75, 3.05) is 11.4 Å². The zero-order valence-corrected chi connectivity index (χ0v) is 14.3. The molecule has 3 aromatic rings. The van der Waals surface area contributed by atoms with E-state index in [2.05, 4.69) is 32.1 Å². The maximum Gasteiger partial charge on any atom is 0.238 e. The second-order valence-corrected chi connectivity index (χ2v) is 6.47. The minimum Gasteiger partial charge on any atom is -0.461 e. The highest BCUT2D eigenvalue weighted by Crippen LogP contribution is 2.31. The van der Waals surface area contributed by atoms with Crippen LogP contribution in [0.3, 0.4) is 0 Å². The van der Waals surface area contributed by atoms with Gasteiger partial charge in [-0.05, 0) is 42.3 Å². The van der Waals surface area contributed by atoms with Gasteiger partial charge in [-0.25, -0.2) is 0 Å². The molecule has 0 saturated heterocycles. The van der Waals surface area contributed by atoms with E-state index in [0.29, 0.717) is 36.9 Å². The Kier molecular flexibility index (Phi) is 3.93. The Balaban J connectivity index is 1.41. The van der Waals surface area contributed by atoms with E-state index in [4.69, 9.17) is 8.94 Å². The Bertz CT molecular complexity index is 873. The Labute approximate surface area is 146 Å². The normalized spacial score (nSPS) is 13.3. The summed E-state index contributed by atoms with van der Waals surface area (Å²) in [7, 11) is 0. The Morgan fingerprint density at radius 1 is 1.33 bits per heavy atom. The lowest BCUT2D eigenvalue weighted by atomic mass is 10.2. The van der Waals surface area contributed by atoms with Crippen molar-refractivity contribution < 1.29 is 13.7 Å². The molecule has 3 heterocycles. The average Bonchev–Trinajstić information content (AvgIpc) is 3.31. The van der Waals surface area contributed by atoms with Gasteiger partial charge >= 0.3 is 0 Å². The van der Waals surface area contributed by atoms with Gasteiger partial charge in [-0.2, -0.15) is 4.98 Å². The van der Waals surface area contributed by atoms with E-state index >= 15 is 0 Å². The lowest BCUT2D eigenvalue weighted by molar-refractivity contribution is -0.118. The number of carbonyl (C=O) groups is 1. The third kappa shape index (κ3) is 2.87. The number of anilines is 1. The summed E-state index contributed by atoms with van der Waals surface area (Å²) >= 11 is 3.46. The number of amides is 1. The lowest BCUT2D eigenvalue weighted by Gasteiger charge is -2.16. The summed E-state index contributed by atoms with van der Waals surface area (Å²) < 4.78 is 11.4. The van der Waals surface area contributed by atoms with Gasteiger partial charge < -0.3 is 13.8 Å². The minimum absolute atomic E-state index is 0.0637. The van der Waals surface area contributed by atoms with Crippen LogP contribution in [0, 0.1) is 0 Å². The zero-order valence-electron chi connectivity index (χ0n) is 12.7. The molecule has 1 aromatic carbocycles. The molecule has 6 nitrogen and oxygen atoms in total. The number of furan rings is 1. The molecule has 7 heteroatoms. The van der Waals surface area contributed by atoms with Crippen LogP contribution in [0.25, 0.3) is 11.6 Å². The highest BCUT2D eigenvalue weighted by molar-refractivity contribution is 9.10. The summed E-state index contributed by atoms with van der Waals surface area (Å²) in [5.41, 5.74) is 2.18. The van der Waals surface area contributed by atoms with Crippen molar-refractivity contribution in [1.82, 2.24) is 10.1 Å². The third-order valence-electron chi connectivity index (χ3n) is 4.00. The molecule has 1 aliphatic rings. The summed E-state index contributed by atoms with van der Waals surface area (Å²) in [6, 6.07) is 9.53. The highest BCUT2D eigenvalue weighted by atomic mass is 79.9. The van der Waals surface area contributed by atoms with Gasteiger partial charge in [0.15, 0.2) is 5.76 Å². The molecular formula is C17H14BrN3O3. The molecule has 0 unspecified atom stereocenters. The number of halogens is 1. The largest absolute Gasteiger partial charge is 0.461 e. The standard InChI is InChI=1S/C17H14BrN3O3/c18-12-3-4-13-11(10-12)7-8-21(13)16(22)6-5-15-19-17(20-24-15)14-2-1-9-23-14/h1-4,9-10H,5-8H2. The fourth-order valence-corrected chi connectivity index (χ4v) is 3.25. The van der Waals surface area contributed by atoms with Gasteiger partial charge in [-0.3, -0.25) is 4.79 Å². The predicted octanol–water partition coefficient (Wildman–Crippen LogP) is 3.61. The van der Waals surface area contributed by atoms with Gasteiger partial charge in [0, 0.05) is 29.5 Å². The van der Waals surface area contributed by atoms with Crippen molar-refractivity contribution in [1.29, 1.82) is 0 Å². The number of aryl methyl sites for hydroxylation is 1. The average molecular weight is 388 g/mol. The zero-order chi connectivity index (χ0) is 16.5. The number of fused-ring (bicyclic) bond motifs is 1. The monoisotopic (exact) mass is 387 g/mol. The second kappa shape index (κ2) is 6.24. The van der Waals surface area contributed by atoms with Gasteiger partial charge in [0.2, 0.25) is 17.6 Å². The first-order valence-corrected chi connectivity index (χ1v) is 8.45. The first kappa shape index (κ1) is 15.1. The van der Waals surface area contributed by atoms with Crippen LogP contribution in [0.5, 0.6) is 0 Å². The van der Waals surface area contributed by atoms with E-state index in [9.17, 15) is 4.79 Å².